The van der Waals surface area contributed by atoms with E-state index in [-0.39, 0.29) is 5.91 Å². The van der Waals surface area contributed by atoms with Crippen molar-refractivity contribution in [2.75, 3.05) is 65.7 Å². The van der Waals surface area contributed by atoms with Crippen molar-refractivity contribution in [2.45, 2.75) is 0 Å². The van der Waals surface area contributed by atoms with Crippen LogP contribution in [0.5, 0.6) is 0 Å². The molecular formula is C15H25N5O. The number of amides is 1. The number of aromatic nitrogens is 1. The van der Waals surface area contributed by atoms with Crippen LogP contribution in [0.4, 0.5) is 5.82 Å². The van der Waals surface area contributed by atoms with Gasteiger partial charge in [0.15, 0.2) is 0 Å². The molecule has 1 N–H and O–H groups in total. The summed E-state index contributed by atoms with van der Waals surface area (Å²) in [7, 11) is 5.96. The van der Waals surface area contributed by atoms with Crippen molar-refractivity contribution in [3.8, 4) is 0 Å². The van der Waals surface area contributed by atoms with Gasteiger partial charge in [0.2, 0.25) is 0 Å². The first-order valence-electron chi connectivity index (χ1n) is 7.41. The third-order valence-corrected chi connectivity index (χ3v) is 3.80. The number of carbonyl (C=O) groups excluding carboxylic acids is 1. The molecule has 1 saturated heterocycles. The minimum Gasteiger partial charge on any atom is -0.372 e. The summed E-state index contributed by atoms with van der Waals surface area (Å²) in [6, 6.07) is 3.64. The molecule has 1 fully saturated rings. The van der Waals surface area contributed by atoms with Crippen molar-refractivity contribution >= 4 is 11.7 Å². The highest BCUT2D eigenvalue weighted by Crippen LogP contribution is 2.15. The van der Waals surface area contributed by atoms with E-state index < -0.39 is 0 Å². The van der Waals surface area contributed by atoms with Crippen LogP contribution in [-0.2, 0) is 0 Å². The first-order chi connectivity index (χ1) is 10.1. The van der Waals surface area contributed by atoms with E-state index in [2.05, 4.69) is 34.2 Å². The maximum Gasteiger partial charge on any atom is 0.257 e. The number of nitrogens with zero attached hydrogens (tertiary/aromatic N) is 4. The molecule has 0 radical (unpaired) electrons. The minimum absolute atomic E-state index is 0.0692. The number of likely N-dealkylation sites (N-methyl/N-ethyl adjacent to an activating group) is 1. The molecule has 2 heterocycles. The summed E-state index contributed by atoms with van der Waals surface area (Å²) in [6.45, 7) is 5.56. The van der Waals surface area contributed by atoms with Crippen molar-refractivity contribution in [3.05, 3.63) is 23.9 Å². The van der Waals surface area contributed by atoms with Crippen molar-refractivity contribution < 1.29 is 4.79 Å². The van der Waals surface area contributed by atoms with Crippen LogP contribution >= 0.6 is 0 Å². The van der Waals surface area contributed by atoms with Crippen LogP contribution < -0.4 is 5.32 Å². The lowest BCUT2D eigenvalue weighted by molar-refractivity contribution is 0.0630. The van der Waals surface area contributed by atoms with E-state index in [4.69, 9.17) is 0 Å². The maximum atomic E-state index is 12.6. The Bertz CT molecular complexity index is 469. The molecule has 0 spiro atoms. The predicted octanol–water partition coefficient (Wildman–Crippen LogP) is 0.443. The number of pyridine rings is 1. The van der Waals surface area contributed by atoms with Gasteiger partial charge in [-0.25, -0.2) is 4.98 Å². The summed E-state index contributed by atoms with van der Waals surface area (Å²) >= 11 is 0. The van der Waals surface area contributed by atoms with Gasteiger partial charge in [0.05, 0.1) is 5.56 Å². The number of nitrogens with one attached hydrogen (secondary N) is 1. The lowest BCUT2D eigenvalue weighted by Gasteiger charge is -2.35. The zero-order valence-electron chi connectivity index (χ0n) is 13.2. The van der Waals surface area contributed by atoms with E-state index in [0.717, 1.165) is 39.3 Å². The molecule has 6 nitrogen and oxygen atoms in total. The third kappa shape index (κ3) is 4.15. The fourth-order valence-electron chi connectivity index (χ4n) is 2.46. The smallest absolute Gasteiger partial charge is 0.257 e. The first kappa shape index (κ1) is 15.7. The second-order valence-corrected chi connectivity index (χ2v) is 5.59. The molecule has 1 aliphatic heterocycles. The summed E-state index contributed by atoms with van der Waals surface area (Å²) in [5, 5.41) is 2.98. The Morgan fingerprint density at radius 3 is 2.67 bits per heavy atom. The molecule has 0 saturated carbocycles. The van der Waals surface area contributed by atoms with Crippen LogP contribution in [0.1, 0.15) is 10.4 Å². The Labute approximate surface area is 126 Å². The van der Waals surface area contributed by atoms with Gasteiger partial charge >= 0.3 is 0 Å². The van der Waals surface area contributed by atoms with Crippen LogP contribution in [-0.4, -0.2) is 86.0 Å². The van der Waals surface area contributed by atoms with Gasteiger partial charge in [0.25, 0.3) is 5.91 Å². The SMILES string of the molecule is CNc1ncccc1C(=O)N1CCN(CCN(C)C)CC1. The Kier molecular flexibility index (Phi) is 5.52. The van der Waals surface area contributed by atoms with E-state index in [1.54, 1.807) is 19.3 Å². The van der Waals surface area contributed by atoms with E-state index >= 15 is 0 Å². The summed E-state index contributed by atoms with van der Waals surface area (Å²) < 4.78 is 0. The number of piperazine rings is 1. The second-order valence-electron chi connectivity index (χ2n) is 5.59. The zero-order valence-corrected chi connectivity index (χ0v) is 13.2. The van der Waals surface area contributed by atoms with Gasteiger partial charge in [-0.2, -0.15) is 0 Å². The molecule has 1 aromatic rings. The molecule has 21 heavy (non-hydrogen) atoms. The van der Waals surface area contributed by atoms with E-state index in [9.17, 15) is 4.79 Å². The molecule has 0 unspecified atom stereocenters. The molecule has 1 aliphatic rings. The highest BCUT2D eigenvalue weighted by Gasteiger charge is 2.23. The molecule has 1 aromatic heterocycles. The number of rotatable bonds is 5. The summed E-state index contributed by atoms with van der Waals surface area (Å²) in [4.78, 5) is 23.3. The second kappa shape index (κ2) is 7.38. The molecule has 0 atom stereocenters. The van der Waals surface area contributed by atoms with Crippen molar-refractivity contribution in [3.63, 3.8) is 0 Å². The van der Waals surface area contributed by atoms with Gasteiger partial charge < -0.3 is 15.1 Å². The standard InChI is InChI=1S/C15H25N5O/c1-16-14-13(5-4-6-17-14)15(21)20-11-9-19(10-12-20)8-7-18(2)3/h4-6H,7-12H2,1-3H3,(H,16,17). The summed E-state index contributed by atoms with van der Waals surface area (Å²) in [5.74, 6) is 0.720. The Morgan fingerprint density at radius 1 is 1.33 bits per heavy atom. The van der Waals surface area contributed by atoms with Crippen molar-refractivity contribution in [2.24, 2.45) is 0 Å². The maximum absolute atomic E-state index is 12.6. The van der Waals surface area contributed by atoms with Crippen molar-refractivity contribution in [1.82, 2.24) is 19.7 Å². The van der Waals surface area contributed by atoms with Gasteiger partial charge in [-0.3, -0.25) is 9.69 Å². The Morgan fingerprint density at radius 2 is 2.05 bits per heavy atom. The minimum atomic E-state index is 0.0692. The summed E-state index contributed by atoms with van der Waals surface area (Å²) in [5.41, 5.74) is 0.654. The largest absolute Gasteiger partial charge is 0.372 e. The first-order valence-corrected chi connectivity index (χ1v) is 7.41. The van der Waals surface area contributed by atoms with Crippen molar-refractivity contribution in [1.29, 1.82) is 0 Å². The van der Waals surface area contributed by atoms with E-state index in [1.807, 2.05) is 11.0 Å². The molecule has 2 rings (SSSR count). The predicted molar refractivity (Wildman–Crippen MR) is 84.7 cm³/mol. The fourth-order valence-corrected chi connectivity index (χ4v) is 2.46. The number of hydrogen-bond acceptors (Lipinski definition) is 5. The number of carbonyl (C=O) groups is 1. The Hall–Kier alpha value is -1.66. The third-order valence-electron chi connectivity index (χ3n) is 3.80. The summed E-state index contributed by atoms with van der Waals surface area (Å²) in [6.07, 6.45) is 1.70. The molecule has 0 aromatic carbocycles. The quantitative estimate of drug-likeness (QED) is 0.853. The van der Waals surface area contributed by atoms with Crippen LogP contribution in [0, 0.1) is 0 Å². The van der Waals surface area contributed by atoms with Crippen LogP contribution in [0.15, 0.2) is 18.3 Å². The van der Waals surface area contributed by atoms with E-state index in [0.29, 0.717) is 11.4 Å². The lowest BCUT2D eigenvalue weighted by atomic mass is 10.2. The highest BCUT2D eigenvalue weighted by molar-refractivity contribution is 5.98. The zero-order chi connectivity index (χ0) is 15.2. The van der Waals surface area contributed by atoms with Crippen LogP contribution in [0.25, 0.3) is 0 Å². The average Bonchev–Trinajstić information content (AvgIpc) is 2.52. The molecule has 6 heteroatoms. The molecular weight excluding hydrogens is 266 g/mol. The average molecular weight is 291 g/mol. The molecule has 116 valence electrons. The molecule has 0 aliphatic carbocycles. The number of anilines is 1. The highest BCUT2D eigenvalue weighted by atomic mass is 16.2. The van der Waals surface area contributed by atoms with Gasteiger partial charge in [0, 0.05) is 52.5 Å². The molecule has 1 amide bonds. The number of hydrogen-bond donors (Lipinski definition) is 1. The lowest BCUT2D eigenvalue weighted by Crippen LogP contribution is -2.50. The van der Waals surface area contributed by atoms with Crippen LogP contribution in [0.3, 0.4) is 0 Å². The van der Waals surface area contributed by atoms with Gasteiger partial charge in [0.1, 0.15) is 5.82 Å². The topological polar surface area (TPSA) is 51.7 Å². The van der Waals surface area contributed by atoms with Gasteiger partial charge in [-0.15, -0.1) is 0 Å². The Balaban J connectivity index is 1.91. The van der Waals surface area contributed by atoms with Crippen LogP contribution in [0.2, 0.25) is 0 Å². The van der Waals surface area contributed by atoms with E-state index in [1.165, 1.54) is 0 Å². The monoisotopic (exact) mass is 291 g/mol. The van der Waals surface area contributed by atoms with Gasteiger partial charge in [-0.1, -0.05) is 0 Å². The normalized spacial score (nSPS) is 16.3. The molecule has 0 bridgehead atoms. The van der Waals surface area contributed by atoms with Gasteiger partial charge in [-0.05, 0) is 26.2 Å². The fraction of sp³-hybridized carbons (Fsp3) is 0.600.